The van der Waals surface area contributed by atoms with Gasteiger partial charge in [0.15, 0.2) is 32.5 Å². The van der Waals surface area contributed by atoms with Crippen molar-refractivity contribution in [2.24, 2.45) is 5.41 Å². The van der Waals surface area contributed by atoms with Crippen molar-refractivity contribution in [2.75, 3.05) is 52.2 Å². The van der Waals surface area contributed by atoms with E-state index in [1.807, 2.05) is 33.9 Å². The van der Waals surface area contributed by atoms with Gasteiger partial charge in [0, 0.05) is 44.2 Å². The number of aromatic nitrogens is 2. The molecule has 0 N–H and O–H groups in total. The SMILES string of the molecule is COCOc1cc(-c2c(F)c(OC)c3c(N4CC5CCC(C4)N5C(=O)OC(C)(C)C)nc(OCC4(CO[Si](C)(C)C(C)(C)C)CC4(F)F)nc3c2F)c2c(C#C[Si](C(C)C)(C(C)C)C(C)C)c(F)ccc2c1. The minimum Gasteiger partial charge on any atom is -0.493 e. The van der Waals surface area contributed by atoms with Crippen molar-refractivity contribution >= 4 is 50.0 Å². The van der Waals surface area contributed by atoms with E-state index in [1.165, 1.54) is 32.4 Å². The van der Waals surface area contributed by atoms with Gasteiger partial charge in [-0.2, -0.15) is 9.97 Å². The number of rotatable bonds is 15. The Balaban J connectivity index is 1.47. The van der Waals surface area contributed by atoms with E-state index in [1.54, 1.807) is 36.6 Å². The van der Waals surface area contributed by atoms with Gasteiger partial charge in [0.25, 0.3) is 5.92 Å². The zero-order chi connectivity index (χ0) is 53.3. The zero-order valence-electron chi connectivity index (χ0n) is 44.9. The molecule has 3 aliphatic rings. The lowest BCUT2D eigenvalue weighted by Gasteiger charge is -2.42. The Morgan fingerprint density at radius 1 is 0.861 bits per heavy atom. The molecule has 1 aliphatic carbocycles. The number of piperazine rings is 1. The Hall–Kier alpha value is -4.71. The molecule has 18 heteroatoms. The number of nitrogens with zero attached hydrogens (tertiary/aromatic N) is 4. The summed E-state index contributed by atoms with van der Waals surface area (Å²) in [6, 6.07) is 4.64. The molecule has 4 aromatic rings. The summed E-state index contributed by atoms with van der Waals surface area (Å²) < 4.78 is 119. The van der Waals surface area contributed by atoms with E-state index in [-0.39, 0.29) is 93.7 Å². The van der Waals surface area contributed by atoms with E-state index >= 15 is 22.0 Å². The second kappa shape index (κ2) is 19.9. The Labute approximate surface area is 423 Å². The summed E-state index contributed by atoms with van der Waals surface area (Å²) >= 11 is 0. The van der Waals surface area contributed by atoms with Crippen LogP contribution in [0.1, 0.15) is 108 Å². The summed E-state index contributed by atoms with van der Waals surface area (Å²) in [7, 11) is -2.30. The van der Waals surface area contributed by atoms with E-state index in [9.17, 15) is 4.79 Å². The number of hydrogen-bond acceptors (Lipinski definition) is 10. The molecule has 1 aromatic heterocycles. The molecule has 2 bridgehead atoms. The topological polar surface area (TPSA) is 105 Å². The Morgan fingerprint density at radius 2 is 1.47 bits per heavy atom. The van der Waals surface area contributed by atoms with Crippen LogP contribution in [-0.2, 0) is 13.9 Å². The van der Waals surface area contributed by atoms with Gasteiger partial charge in [-0.1, -0.05) is 74.3 Å². The summed E-state index contributed by atoms with van der Waals surface area (Å²) in [6.45, 7) is 27.5. The van der Waals surface area contributed by atoms with E-state index in [4.69, 9.17) is 33.1 Å². The van der Waals surface area contributed by atoms with Crippen LogP contribution in [0.4, 0.5) is 32.6 Å². The molecule has 2 aliphatic heterocycles. The first-order chi connectivity index (χ1) is 33.4. The van der Waals surface area contributed by atoms with Crippen molar-refractivity contribution in [2.45, 2.75) is 161 Å². The maximum atomic E-state index is 18.3. The number of ether oxygens (including phenoxy) is 5. The number of carbonyl (C=O) groups excluding carboxylic acids is 1. The number of fused-ring (bicyclic) bond motifs is 4. The predicted octanol–water partition coefficient (Wildman–Crippen LogP) is 13.4. The van der Waals surface area contributed by atoms with Gasteiger partial charge < -0.3 is 33.0 Å². The van der Waals surface area contributed by atoms with Gasteiger partial charge >= 0.3 is 12.1 Å². The molecule has 72 heavy (non-hydrogen) atoms. The summed E-state index contributed by atoms with van der Waals surface area (Å²) in [5.74, 6) is -3.15. The van der Waals surface area contributed by atoms with Gasteiger partial charge in [0.05, 0.1) is 41.1 Å². The Morgan fingerprint density at radius 3 is 2.00 bits per heavy atom. The summed E-state index contributed by atoms with van der Waals surface area (Å²) in [5, 5.41) is 0.111. The van der Waals surface area contributed by atoms with Crippen molar-refractivity contribution in [1.82, 2.24) is 14.9 Å². The number of amides is 1. The highest BCUT2D eigenvalue weighted by Crippen LogP contribution is 2.61. The average Bonchev–Trinajstić information content (AvgIpc) is 3.72. The van der Waals surface area contributed by atoms with Crippen LogP contribution in [0.15, 0.2) is 24.3 Å². The Kier molecular flexibility index (Phi) is 15.2. The molecule has 1 saturated carbocycles. The lowest BCUT2D eigenvalue weighted by molar-refractivity contribution is 0.0117. The lowest BCUT2D eigenvalue weighted by atomic mass is 9.92. The fourth-order valence-electron chi connectivity index (χ4n) is 10.7. The van der Waals surface area contributed by atoms with Crippen LogP contribution in [0.5, 0.6) is 17.5 Å². The number of anilines is 1. The number of carbonyl (C=O) groups is 1. The highest BCUT2D eigenvalue weighted by Gasteiger charge is 2.72. The van der Waals surface area contributed by atoms with Crippen molar-refractivity contribution in [1.29, 1.82) is 0 Å². The molecule has 1 amide bonds. The molecule has 0 radical (unpaired) electrons. The van der Waals surface area contributed by atoms with Crippen molar-refractivity contribution in [3.05, 3.63) is 47.3 Å². The molecule has 3 aromatic carbocycles. The third-order valence-electron chi connectivity index (χ3n) is 15.7. The first-order valence-electron chi connectivity index (χ1n) is 25.0. The van der Waals surface area contributed by atoms with E-state index in [0.717, 1.165) is 0 Å². The number of hydrogen-bond donors (Lipinski definition) is 0. The second-order valence-electron chi connectivity index (χ2n) is 23.5. The van der Waals surface area contributed by atoms with Gasteiger partial charge in [0.1, 0.15) is 43.2 Å². The maximum Gasteiger partial charge on any atom is 0.410 e. The largest absolute Gasteiger partial charge is 0.493 e. The normalized spacial score (nSPS) is 20.2. The highest BCUT2D eigenvalue weighted by molar-refractivity contribution is 6.90. The van der Waals surface area contributed by atoms with E-state index in [0.29, 0.717) is 18.2 Å². The van der Waals surface area contributed by atoms with E-state index < -0.39 is 92.7 Å². The van der Waals surface area contributed by atoms with Crippen LogP contribution in [0.2, 0.25) is 34.8 Å². The highest BCUT2D eigenvalue weighted by atomic mass is 28.4. The molecule has 3 fully saturated rings. The van der Waals surface area contributed by atoms with Gasteiger partial charge in [-0.25, -0.2) is 26.7 Å². The fourth-order valence-corrected chi connectivity index (χ4v) is 16.9. The van der Waals surface area contributed by atoms with Crippen LogP contribution >= 0.6 is 0 Å². The summed E-state index contributed by atoms with van der Waals surface area (Å²) in [5.41, 5.74) is 0.499. The monoisotopic (exact) mass is 1040 g/mol. The molecule has 3 unspecified atom stereocenters. The quantitative estimate of drug-likeness (QED) is 0.0495. The van der Waals surface area contributed by atoms with Crippen molar-refractivity contribution in [3.63, 3.8) is 0 Å². The number of methoxy groups -OCH3 is 2. The standard InChI is InChI=1S/C54H73F5N4O7Si2/c1-31(2)72(32(3)4,33(5)6)22-21-38-40(55)20-17-34-23-37(68-30-65-13)24-39(41(34)38)42-44(56)46-43(47(66-14)45(42)57)48(62-25-35-18-19-36(26-62)63(35)50(64)70-51(7,8)9)61-49(60-46)67-28-53(27-54(53,58)59)29-69-71(15,16)52(10,11)12/h17,20,23-24,31-33,35-36H,18-19,25-30H2,1-16H3. The molecule has 0 spiro atoms. The first-order valence-corrected chi connectivity index (χ1v) is 30.2. The van der Waals surface area contributed by atoms with Crippen LogP contribution in [-0.4, -0.2) is 108 Å². The third-order valence-corrected chi connectivity index (χ3v) is 26.4. The summed E-state index contributed by atoms with van der Waals surface area (Å²) in [4.78, 5) is 26.4. The molecule has 3 heterocycles. The van der Waals surface area contributed by atoms with Gasteiger partial charge in [-0.05, 0) is 92.0 Å². The number of alkyl halides is 2. The molecule has 7 rings (SSSR count). The van der Waals surface area contributed by atoms with Crippen LogP contribution < -0.4 is 19.1 Å². The fraction of sp³-hybridized carbons (Fsp3) is 0.611. The number of benzene rings is 3. The van der Waals surface area contributed by atoms with E-state index in [2.05, 4.69) is 58.0 Å². The summed E-state index contributed by atoms with van der Waals surface area (Å²) in [6.07, 6.45) is 0.257. The zero-order valence-corrected chi connectivity index (χ0v) is 46.9. The Bertz CT molecular complexity index is 2750. The predicted molar refractivity (Wildman–Crippen MR) is 277 cm³/mol. The van der Waals surface area contributed by atoms with Gasteiger partial charge in [0.2, 0.25) is 0 Å². The lowest BCUT2D eigenvalue weighted by Crippen LogP contribution is -2.57. The average molecular weight is 1040 g/mol. The third kappa shape index (κ3) is 10.1. The molecule has 2 saturated heterocycles. The van der Waals surface area contributed by atoms with Crippen LogP contribution in [0.25, 0.3) is 32.8 Å². The van der Waals surface area contributed by atoms with Crippen LogP contribution in [0, 0.1) is 34.3 Å². The maximum absolute atomic E-state index is 18.3. The van der Waals surface area contributed by atoms with Crippen molar-refractivity contribution in [3.8, 4) is 40.1 Å². The van der Waals surface area contributed by atoms with Crippen LogP contribution in [0.3, 0.4) is 0 Å². The molecular weight excluding hydrogens is 968 g/mol. The molecule has 3 atom stereocenters. The minimum absolute atomic E-state index is 0.0167. The minimum atomic E-state index is -3.13. The number of halogens is 5. The first kappa shape index (κ1) is 55.1. The van der Waals surface area contributed by atoms with Gasteiger partial charge in [-0.15, -0.1) is 5.54 Å². The molecular formula is C54H73F5N4O7Si2. The molecule has 394 valence electrons. The second-order valence-corrected chi connectivity index (χ2v) is 33.8. The van der Waals surface area contributed by atoms with Gasteiger partial charge in [-0.3, -0.25) is 4.90 Å². The smallest absolute Gasteiger partial charge is 0.410 e. The molecule has 11 nitrogen and oxygen atoms in total. The van der Waals surface area contributed by atoms with Crippen molar-refractivity contribution < 1.29 is 54.9 Å².